The van der Waals surface area contributed by atoms with Gasteiger partial charge in [0, 0.05) is 48.4 Å². The molecule has 4 fully saturated rings. The van der Waals surface area contributed by atoms with Gasteiger partial charge in [-0.2, -0.15) is 9.97 Å². The van der Waals surface area contributed by atoms with Gasteiger partial charge in [0.25, 0.3) is 0 Å². The molecule has 0 amide bonds. The van der Waals surface area contributed by atoms with Crippen LogP contribution in [0.4, 0.5) is 14.6 Å². The summed E-state index contributed by atoms with van der Waals surface area (Å²) in [5, 5.41) is 25.3. The Morgan fingerprint density at radius 1 is 1.11 bits per heavy atom. The number of halogens is 2. The minimum Gasteiger partial charge on any atom is -0.508 e. The molecule has 0 radical (unpaired) electrons. The average Bonchev–Trinajstić information content (AvgIpc) is 3.72. The fourth-order valence-electron chi connectivity index (χ4n) is 8.24. The number of pyridine rings is 1. The van der Waals surface area contributed by atoms with Crippen LogP contribution in [0.3, 0.4) is 0 Å². The normalized spacial score (nSPS) is 26.1. The molecule has 4 aliphatic rings. The number of aromatic hydroxyl groups is 1. The third kappa shape index (κ3) is 4.57. The van der Waals surface area contributed by atoms with Gasteiger partial charge in [-0.15, -0.1) is 6.42 Å². The van der Waals surface area contributed by atoms with E-state index in [9.17, 15) is 14.6 Å². The molecule has 0 spiro atoms. The van der Waals surface area contributed by atoms with Gasteiger partial charge in [-0.1, -0.05) is 12.0 Å². The van der Waals surface area contributed by atoms with E-state index in [1.165, 1.54) is 24.3 Å². The number of phenols is 1. The molecular weight excluding hydrogens is 578 g/mol. The van der Waals surface area contributed by atoms with Crippen molar-refractivity contribution in [2.45, 2.75) is 62.2 Å². The Morgan fingerprint density at radius 3 is 2.71 bits per heavy atom. The summed E-state index contributed by atoms with van der Waals surface area (Å²) in [6.07, 6.45) is 13.1. The minimum atomic E-state index is -0.736. The first-order valence-corrected chi connectivity index (χ1v) is 15.7. The summed E-state index contributed by atoms with van der Waals surface area (Å²) in [7, 11) is 0. The molecule has 2 aromatic carbocycles. The van der Waals surface area contributed by atoms with E-state index in [4.69, 9.17) is 16.1 Å². The van der Waals surface area contributed by atoms with Crippen molar-refractivity contribution in [3.05, 3.63) is 47.7 Å². The number of anilines is 1. The number of benzene rings is 2. The number of phenolic OH excluding ortho intramolecular Hbond substituents is 1. The molecule has 2 bridgehead atoms. The first-order valence-electron chi connectivity index (χ1n) is 15.7. The molecule has 2 unspecified atom stereocenters. The van der Waals surface area contributed by atoms with Crippen molar-refractivity contribution in [2.75, 3.05) is 37.7 Å². The van der Waals surface area contributed by atoms with Gasteiger partial charge < -0.3 is 25.2 Å². The van der Waals surface area contributed by atoms with Crippen LogP contribution < -0.4 is 15.0 Å². The number of rotatable bonds is 6. The zero-order valence-corrected chi connectivity index (χ0v) is 24.8. The van der Waals surface area contributed by atoms with Gasteiger partial charge in [0.05, 0.1) is 23.1 Å². The van der Waals surface area contributed by atoms with Crippen LogP contribution in [0.25, 0.3) is 32.9 Å². The molecule has 2 aromatic heterocycles. The Labute approximate surface area is 259 Å². The lowest BCUT2D eigenvalue weighted by molar-refractivity contribution is 0.0644. The number of fused-ring (bicyclic) bond motifs is 5. The number of hydrogen-bond donors (Lipinski definition) is 3. The quantitative estimate of drug-likeness (QED) is 0.277. The van der Waals surface area contributed by atoms with Gasteiger partial charge in [0.2, 0.25) is 0 Å². The van der Waals surface area contributed by atoms with Crippen LogP contribution in [0, 0.1) is 24.0 Å². The molecule has 4 aliphatic heterocycles. The number of aliphatic hydroxyl groups excluding tert-OH is 1. The molecule has 3 N–H and O–H groups in total. The third-order valence-electron chi connectivity index (χ3n) is 10.3. The first kappa shape index (κ1) is 28.4. The Balaban J connectivity index is 1.26. The predicted molar refractivity (Wildman–Crippen MR) is 166 cm³/mol. The summed E-state index contributed by atoms with van der Waals surface area (Å²) in [5.41, 5.74) is -0.157. The van der Waals surface area contributed by atoms with Crippen LogP contribution in [0.5, 0.6) is 11.8 Å². The monoisotopic (exact) mass is 612 g/mol. The van der Waals surface area contributed by atoms with Crippen LogP contribution in [0.1, 0.15) is 44.1 Å². The van der Waals surface area contributed by atoms with Crippen LogP contribution in [-0.4, -0.2) is 86.6 Å². The fourth-order valence-corrected chi connectivity index (χ4v) is 8.24. The molecule has 0 saturated carbocycles. The Bertz CT molecular complexity index is 1870. The smallest absolute Gasteiger partial charge is 0.319 e. The van der Waals surface area contributed by atoms with E-state index < -0.39 is 11.6 Å². The predicted octanol–water partition coefficient (Wildman–Crippen LogP) is 4.12. The highest BCUT2D eigenvalue weighted by Gasteiger charge is 2.49. The highest BCUT2D eigenvalue weighted by molar-refractivity contribution is 6.03. The summed E-state index contributed by atoms with van der Waals surface area (Å²) in [4.78, 5) is 18.5. The number of nitrogens with zero attached hydrogens (tertiary/aromatic N) is 5. The topological polar surface area (TPSA) is 107 Å². The highest BCUT2D eigenvalue weighted by atomic mass is 19.1. The lowest BCUT2D eigenvalue weighted by Gasteiger charge is -2.35. The van der Waals surface area contributed by atoms with Crippen LogP contribution in [-0.2, 0) is 0 Å². The van der Waals surface area contributed by atoms with Crippen LogP contribution in [0.2, 0.25) is 0 Å². The van der Waals surface area contributed by atoms with E-state index in [-0.39, 0.29) is 57.7 Å². The van der Waals surface area contributed by atoms with Gasteiger partial charge in [0.15, 0.2) is 5.82 Å². The van der Waals surface area contributed by atoms with E-state index >= 15 is 4.39 Å². The minimum absolute atomic E-state index is 0.0291. The number of terminal acetylenes is 1. The van der Waals surface area contributed by atoms with Crippen molar-refractivity contribution in [3.63, 3.8) is 0 Å². The first-order chi connectivity index (χ1) is 21.9. The SMILES string of the molecule is C#Cc1c(F)ccc2cc(O)cc(-c3ncc4c(N5CC6CCC(C5)N6)nc(OC[C@]56CCCN5[C@@H](CO)CC6)nc4c3F)c12. The molecule has 0 aliphatic carbocycles. The standard InChI is InChI=1S/C34H34F2N6O3/c1-2-24-27(35)7-4-19-12-23(44)13-25(28(19)24)30-29(36)31-26(14-37-30)32(41-15-20-5-6-21(16-41)38-20)40-33(39-31)45-18-34-9-3-11-42(34)22(17-43)8-10-34/h1,4,7,12-14,20-22,38,43-44H,3,5-6,8-11,15-18H2/t20?,21?,22-,34-/m1/s1. The van der Waals surface area contributed by atoms with Crippen molar-refractivity contribution in [1.29, 1.82) is 0 Å². The summed E-state index contributed by atoms with van der Waals surface area (Å²) in [6, 6.07) is 6.33. The summed E-state index contributed by atoms with van der Waals surface area (Å²) < 4.78 is 38.0. The number of ether oxygens (including phenoxy) is 1. The molecule has 9 nitrogen and oxygen atoms in total. The zero-order chi connectivity index (χ0) is 30.9. The van der Waals surface area contributed by atoms with Gasteiger partial charge in [0.1, 0.15) is 35.2 Å². The maximum Gasteiger partial charge on any atom is 0.319 e. The van der Waals surface area contributed by atoms with Crippen molar-refractivity contribution < 1.29 is 23.7 Å². The molecule has 4 atom stereocenters. The molecule has 232 valence electrons. The Morgan fingerprint density at radius 2 is 1.93 bits per heavy atom. The van der Waals surface area contributed by atoms with Gasteiger partial charge in [-0.05, 0) is 68.7 Å². The number of nitrogens with one attached hydrogen (secondary N) is 1. The number of aromatic nitrogens is 3. The van der Waals surface area contributed by atoms with Crippen molar-refractivity contribution >= 4 is 27.5 Å². The van der Waals surface area contributed by atoms with Crippen molar-refractivity contribution in [1.82, 2.24) is 25.2 Å². The molecule has 8 rings (SSSR count). The highest BCUT2D eigenvalue weighted by Crippen LogP contribution is 2.43. The molecule has 11 heteroatoms. The van der Waals surface area contributed by atoms with E-state index in [2.05, 4.69) is 31.0 Å². The Hall–Kier alpha value is -4.11. The third-order valence-corrected chi connectivity index (χ3v) is 10.3. The number of hydrogen-bond acceptors (Lipinski definition) is 9. The molecular formula is C34H34F2N6O3. The lowest BCUT2D eigenvalue weighted by Crippen LogP contribution is -2.51. The summed E-state index contributed by atoms with van der Waals surface area (Å²) in [5.74, 6) is 1.45. The van der Waals surface area contributed by atoms with E-state index in [0.29, 0.717) is 48.4 Å². The molecule has 4 aromatic rings. The maximum absolute atomic E-state index is 16.8. The maximum atomic E-state index is 16.8. The van der Waals surface area contributed by atoms with E-state index in [1.54, 1.807) is 6.20 Å². The van der Waals surface area contributed by atoms with E-state index in [0.717, 1.165) is 45.1 Å². The second-order valence-corrected chi connectivity index (χ2v) is 12.9. The largest absolute Gasteiger partial charge is 0.508 e. The van der Waals surface area contributed by atoms with Crippen molar-refractivity contribution in [2.24, 2.45) is 0 Å². The summed E-state index contributed by atoms with van der Waals surface area (Å²) >= 11 is 0. The Kier molecular flexibility index (Phi) is 6.78. The number of piperazine rings is 1. The second kappa shape index (κ2) is 10.8. The van der Waals surface area contributed by atoms with Crippen LogP contribution >= 0.6 is 0 Å². The summed E-state index contributed by atoms with van der Waals surface area (Å²) in [6.45, 7) is 2.78. The second-order valence-electron chi connectivity index (χ2n) is 12.9. The molecule has 45 heavy (non-hydrogen) atoms. The average molecular weight is 613 g/mol. The van der Waals surface area contributed by atoms with Crippen LogP contribution in [0.15, 0.2) is 30.5 Å². The van der Waals surface area contributed by atoms with Gasteiger partial charge >= 0.3 is 6.01 Å². The van der Waals surface area contributed by atoms with Gasteiger partial charge in [-0.25, -0.2) is 8.78 Å². The lowest BCUT2D eigenvalue weighted by atomic mass is 9.95. The van der Waals surface area contributed by atoms with E-state index in [1.807, 2.05) is 0 Å². The van der Waals surface area contributed by atoms with Crippen molar-refractivity contribution in [3.8, 4) is 35.4 Å². The van der Waals surface area contributed by atoms with Gasteiger partial charge in [-0.3, -0.25) is 9.88 Å². The molecule has 6 heterocycles. The number of aliphatic hydroxyl groups is 1. The fraction of sp³-hybridized carbons (Fsp3) is 0.441. The zero-order valence-electron chi connectivity index (χ0n) is 24.8. The molecule has 4 saturated heterocycles.